The van der Waals surface area contributed by atoms with Gasteiger partial charge >= 0.3 is 0 Å². The lowest BCUT2D eigenvalue weighted by molar-refractivity contribution is 0.369. The van der Waals surface area contributed by atoms with Crippen molar-refractivity contribution in [3.8, 4) is 0 Å². The van der Waals surface area contributed by atoms with Crippen LogP contribution >= 0.6 is 0 Å². The SMILES string of the molecule is F[CH]c1c(F)c(F)c(F)c(F)c1F. The predicted molar refractivity (Wildman–Crippen MR) is 30.7 cm³/mol. The smallest absolute Gasteiger partial charge is 0.200 e. The quantitative estimate of drug-likeness (QED) is 0.370. The van der Waals surface area contributed by atoms with Crippen molar-refractivity contribution >= 4 is 0 Å². The van der Waals surface area contributed by atoms with E-state index in [1.165, 1.54) is 0 Å². The summed E-state index contributed by atoms with van der Waals surface area (Å²) < 4.78 is 73.3. The van der Waals surface area contributed by atoms with E-state index >= 15 is 0 Å². The van der Waals surface area contributed by atoms with Gasteiger partial charge in [-0.15, -0.1) is 0 Å². The lowest BCUT2D eigenvalue weighted by atomic mass is 10.2. The van der Waals surface area contributed by atoms with Crippen molar-refractivity contribution in [1.29, 1.82) is 0 Å². The van der Waals surface area contributed by atoms with Crippen molar-refractivity contribution in [3.05, 3.63) is 41.3 Å². The van der Waals surface area contributed by atoms with Gasteiger partial charge in [0.1, 0.15) is 0 Å². The van der Waals surface area contributed by atoms with Gasteiger partial charge in [0.05, 0.1) is 5.56 Å². The van der Waals surface area contributed by atoms with E-state index in [4.69, 9.17) is 0 Å². The van der Waals surface area contributed by atoms with Gasteiger partial charge in [-0.05, 0) is 0 Å². The van der Waals surface area contributed by atoms with E-state index in [0.717, 1.165) is 0 Å². The predicted octanol–water partition coefficient (Wildman–Crippen LogP) is 2.86. The lowest BCUT2D eigenvalue weighted by Crippen LogP contribution is -2.04. The third-order valence-corrected chi connectivity index (χ3v) is 1.35. The zero-order chi connectivity index (χ0) is 10.2. The van der Waals surface area contributed by atoms with Crippen LogP contribution in [-0.4, -0.2) is 0 Å². The molecule has 0 heterocycles. The fourth-order valence-electron chi connectivity index (χ4n) is 0.718. The molecule has 0 bridgehead atoms. The standard InChI is InChI=1S/C7HF6/c8-1-2-3(9)5(11)7(13)6(12)4(2)10/h1H. The van der Waals surface area contributed by atoms with Crippen molar-refractivity contribution < 1.29 is 26.3 Å². The van der Waals surface area contributed by atoms with Crippen molar-refractivity contribution in [2.45, 2.75) is 0 Å². The second kappa shape index (κ2) is 3.27. The van der Waals surface area contributed by atoms with Gasteiger partial charge in [0.2, 0.25) is 5.82 Å². The van der Waals surface area contributed by atoms with Gasteiger partial charge in [0.25, 0.3) is 0 Å². The summed E-state index contributed by atoms with van der Waals surface area (Å²) >= 11 is 0. The fraction of sp³-hybridized carbons (Fsp3) is 0. The Morgan fingerprint density at radius 1 is 0.615 bits per heavy atom. The Hall–Kier alpha value is -1.20. The number of benzene rings is 1. The average molecular weight is 199 g/mol. The Labute approximate surface area is 68.8 Å². The van der Waals surface area contributed by atoms with Crippen LogP contribution in [0.2, 0.25) is 0 Å². The maximum atomic E-state index is 12.4. The van der Waals surface area contributed by atoms with Gasteiger partial charge in [-0.1, -0.05) is 0 Å². The molecule has 0 nitrogen and oxygen atoms in total. The van der Waals surface area contributed by atoms with Gasteiger partial charge in [-0.3, -0.25) is 0 Å². The molecule has 0 fully saturated rings. The molecule has 71 valence electrons. The van der Waals surface area contributed by atoms with Crippen LogP contribution in [0, 0.1) is 35.8 Å². The van der Waals surface area contributed by atoms with Crippen LogP contribution in [0.25, 0.3) is 0 Å². The molecule has 0 aromatic heterocycles. The molecule has 0 aliphatic carbocycles. The second-order valence-electron chi connectivity index (χ2n) is 2.09. The topological polar surface area (TPSA) is 0 Å². The van der Waals surface area contributed by atoms with Gasteiger partial charge in [-0.2, -0.15) is 0 Å². The van der Waals surface area contributed by atoms with Gasteiger partial charge in [0.15, 0.2) is 29.9 Å². The van der Waals surface area contributed by atoms with Crippen LogP contribution in [0.5, 0.6) is 0 Å². The van der Waals surface area contributed by atoms with E-state index in [-0.39, 0.29) is 0 Å². The molecule has 0 aliphatic heterocycles. The summed E-state index contributed by atoms with van der Waals surface area (Å²) in [5.74, 6) is -11.0. The highest BCUT2D eigenvalue weighted by molar-refractivity contribution is 5.27. The molecular weight excluding hydrogens is 198 g/mol. The van der Waals surface area contributed by atoms with E-state index in [0.29, 0.717) is 0 Å². The van der Waals surface area contributed by atoms with E-state index in [1.54, 1.807) is 0 Å². The van der Waals surface area contributed by atoms with E-state index in [9.17, 15) is 26.3 Å². The maximum Gasteiger partial charge on any atom is 0.200 e. The molecule has 0 saturated carbocycles. The first kappa shape index (κ1) is 9.88. The largest absolute Gasteiger partial charge is 0.238 e. The van der Waals surface area contributed by atoms with Crippen LogP contribution in [0.1, 0.15) is 5.56 Å². The molecule has 13 heavy (non-hydrogen) atoms. The van der Waals surface area contributed by atoms with Gasteiger partial charge in [-0.25, -0.2) is 26.3 Å². The minimum absolute atomic E-state index is 0.684. The van der Waals surface area contributed by atoms with E-state index < -0.39 is 41.3 Å². The summed E-state index contributed by atoms with van der Waals surface area (Å²) in [5, 5.41) is 0. The minimum Gasteiger partial charge on any atom is -0.238 e. The van der Waals surface area contributed by atoms with E-state index in [2.05, 4.69) is 0 Å². The molecule has 1 aromatic carbocycles. The zero-order valence-electron chi connectivity index (χ0n) is 5.85. The summed E-state index contributed by atoms with van der Waals surface area (Å²) in [6.45, 7) is -0.684. The first-order valence-corrected chi connectivity index (χ1v) is 2.95. The van der Waals surface area contributed by atoms with Crippen LogP contribution in [0.15, 0.2) is 0 Å². The molecule has 0 saturated heterocycles. The third-order valence-electron chi connectivity index (χ3n) is 1.35. The zero-order valence-corrected chi connectivity index (χ0v) is 5.85. The molecule has 0 amide bonds. The molecule has 1 rings (SSSR count). The van der Waals surface area contributed by atoms with Gasteiger partial charge < -0.3 is 0 Å². The van der Waals surface area contributed by atoms with Crippen molar-refractivity contribution in [2.75, 3.05) is 0 Å². The first-order valence-electron chi connectivity index (χ1n) is 2.95. The van der Waals surface area contributed by atoms with Crippen molar-refractivity contribution in [1.82, 2.24) is 0 Å². The van der Waals surface area contributed by atoms with Crippen LogP contribution < -0.4 is 0 Å². The Kier molecular flexibility index (Phi) is 2.49. The highest BCUT2D eigenvalue weighted by Crippen LogP contribution is 2.23. The summed E-state index contributed by atoms with van der Waals surface area (Å²) in [6, 6.07) is 0. The average Bonchev–Trinajstić information content (AvgIpc) is 2.13. The van der Waals surface area contributed by atoms with Crippen LogP contribution in [-0.2, 0) is 0 Å². The van der Waals surface area contributed by atoms with Crippen LogP contribution in [0.4, 0.5) is 26.3 Å². The lowest BCUT2D eigenvalue weighted by Gasteiger charge is -2.03. The summed E-state index contributed by atoms with van der Waals surface area (Å²) in [6.07, 6.45) is 0. The first-order chi connectivity index (χ1) is 6.00. The van der Waals surface area contributed by atoms with E-state index in [1.807, 2.05) is 0 Å². The molecule has 0 atom stereocenters. The van der Waals surface area contributed by atoms with Crippen LogP contribution in [0.3, 0.4) is 0 Å². The highest BCUT2D eigenvalue weighted by atomic mass is 19.2. The Morgan fingerprint density at radius 3 is 1.23 bits per heavy atom. The molecule has 0 unspecified atom stereocenters. The monoisotopic (exact) mass is 199 g/mol. The molecule has 0 aliphatic rings. The van der Waals surface area contributed by atoms with Crippen molar-refractivity contribution in [3.63, 3.8) is 0 Å². The number of hydrogen-bond donors (Lipinski definition) is 0. The minimum atomic E-state index is -2.30. The van der Waals surface area contributed by atoms with Crippen molar-refractivity contribution in [2.24, 2.45) is 0 Å². The normalized spacial score (nSPS) is 10.6. The summed E-state index contributed by atoms with van der Waals surface area (Å²) in [7, 11) is 0. The summed E-state index contributed by atoms with van der Waals surface area (Å²) in [4.78, 5) is 0. The summed E-state index contributed by atoms with van der Waals surface area (Å²) in [5.41, 5.74) is -1.57. The Morgan fingerprint density at radius 2 is 0.923 bits per heavy atom. The number of hydrogen-bond acceptors (Lipinski definition) is 0. The second-order valence-corrected chi connectivity index (χ2v) is 2.09. The molecule has 0 spiro atoms. The Balaban J connectivity index is 3.56. The molecular formula is C7HF6. The molecule has 6 heteroatoms. The number of rotatable bonds is 1. The maximum absolute atomic E-state index is 12.4. The Bertz CT molecular complexity index is 316. The molecule has 0 N–H and O–H groups in total. The third kappa shape index (κ3) is 1.36. The molecule has 1 aromatic rings. The fourth-order valence-corrected chi connectivity index (χ4v) is 0.718. The molecule has 1 radical (unpaired) electrons. The highest BCUT2D eigenvalue weighted by Gasteiger charge is 2.25. The van der Waals surface area contributed by atoms with Gasteiger partial charge in [0, 0.05) is 0 Å². The number of halogens is 6.